The van der Waals surface area contributed by atoms with Crippen LogP contribution in [0.2, 0.25) is 0 Å². The summed E-state index contributed by atoms with van der Waals surface area (Å²) in [5.41, 5.74) is 4.07. The van der Waals surface area contributed by atoms with Gasteiger partial charge in [-0.05, 0) is 24.3 Å². The van der Waals surface area contributed by atoms with Crippen LogP contribution in [0.15, 0.2) is 65.7 Å². The van der Waals surface area contributed by atoms with E-state index in [2.05, 4.69) is 22.6 Å². The highest BCUT2D eigenvalue weighted by molar-refractivity contribution is 7.98. The zero-order valence-electron chi connectivity index (χ0n) is 16.3. The second kappa shape index (κ2) is 8.71. The van der Waals surface area contributed by atoms with Gasteiger partial charge in [0.2, 0.25) is 0 Å². The van der Waals surface area contributed by atoms with Gasteiger partial charge in [0.15, 0.2) is 16.7 Å². The highest BCUT2D eigenvalue weighted by atomic mass is 32.2. The van der Waals surface area contributed by atoms with Gasteiger partial charge >= 0.3 is 0 Å². The Morgan fingerprint density at radius 3 is 2.76 bits per heavy atom. The lowest BCUT2D eigenvalue weighted by atomic mass is 10.2. The molecule has 0 saturated carbocycles. The Balaban J connectivity index is 1.58. The Labute approximate surface area is 178 Å². The SMILES string of the molecule is C=CCn1c(SCc2csc(-c3cccc(OC)c3OC)n2)nc2ccccc21. The van der Waals surface area contributed by atoms with Crippen molar-refractivity contribution in [1.82, 2.24) is 14.5 Å². The lowest BCUT2D eigenvalue weighted by Gasteiger charge is -2.10. The molecule has 0 amide bonds. The van der Waals surface area contributed by atoms with Crippen LogP contribution in [0.4, 0.5) is 0 Å². The molecule has 5 nitrogen and oxygen atoms in total. The smallest absolute Gasteiger partial charge is 0.170 e. The van der Waals surface area contributed by atoms with Gasteiger partial charge in [-0.2, -0.15) is 0 Å². The minimum atomic E-state index is 0.703. The number of allylic oxidation sites excluding steroid dienone is 1. The van der Waals surface area contributed by atoms with Gasteiger partial charge in [0.05, 0.1) is 36.5 Å². The van der Waals surface area contributed by atoms with Crippen LogP contribution in [0.1, 0.15) is 5.69 Å². The molecular weight excluding hydrogens is 402 g/mol. The maximum absolute atomic E-state index is 5.55. The summed E-state index contributed by atoms with van der Waals surface area (Å²) in [6.45, 7) is 4.61. The quantitative estimate of drug-likeness (QED) is 0.270. The first kappa shape index (κ1) is 19.5. The van der Waals surface area contributed by atoms with Gasteiger partial charge in [0.25, 0.3) is 0 Å². The Morgan fingerprint density at radius 1 is 1.10 bits per heavy atom. The normalized spacial score (nSPS) is 11.0. The summed E-state index contributed by atoms with van der Waals surface area (Å²) < 4.78 is 13.1. The van der Waals surface area contributed by atoms with E-state index in [9.17, 15) is 0 Å². The number of thioether (sulfide) groups is 1. The predicted octanol–water partition coefficient (Wildman–Crippen LogP) is 5.66. The van der Waals surface area contributed by atoms with Crippen LogP contribution in [0.25, 0.3) is 21.6 Å². The van der Waals surface area contributed by atoms with E-state index in [0.717, 1.165) is 44.8 Å². The van der Waals surface area contributed by atoms with Gasteiger partial charge in [-0.3, -0.25) is 0 Å². The second-order valence-corrected chi connectivity index (χ2v) is 8.06. The van der Waals surface area contributed by atoms with E-state index < -0.39 is 0 Å². The molecule has 2 aromatic carbocycles. The molecule has 2 aromatic heterocycles. The van der Waals surface area contributed by atoms with E-state index in [1.807, 2.05) is 42.5 Å². The van der Waals surface area contributed by atoms with E-state index in [1.54, 1.807) is 37.3 Å². The van der Waals surface area contributed by atoms with E-state index in [4.69, 9.17) is 19.4 Å². The number of para-hydroxylation sites is 3. The van der Waals surface area contributed by atoms with Crippen LogP contribution >= 0.6 is 23.1 Å². The summed E-state index contributed by atoms with van der Waals surface area (Å²) in [6.07, 6.45) is 1.90. The van der Waals surface area contributed by atoms with Gasteiger partial charge in [-0.1, -0.05) is 36.0 Å². The van der Waals surface area contributed by atoms with Crippen molar-refractivity contribution in [3.63, 3.8) is 0 Å². The van der Waals surface area contributed by atoms with Crippen LogP contribution in [0.5, 0.6) is 11.5 Å². The summed E-state index contributed by atoms with van der Waals surface area (Å²) in [5, 5.41) is 3.97. The average molecular weight is 424 g/mol. The molecule has 0 saturated heterocycles. The van der Waals surface area contributed by atoms with E-state index in [0.29, 0.717) is 11.5 Å². The molecule has 0 bridgehead atoms. The molecule has 0 radical (unpaired) electrons. The summed E-state index contributed by atoms with van der Waals surface area (Å²) in [7, 11) is 3.29. The van der Waals surface area contributed by atoms with Gasteiger partial charge in [0.1, 0.15) is 5.01 Å². The molecule has 29 heavy (non-hydrogen) atoms. The molecule has 2 heterocycles. The summed E-state index contributed by atoms with van der Waals surface area (Å²) in [5.74, 6) is 2.15. The van der Waals surface area contributed by atoms with Crippen LogP contribution in [-0.2, 0) is 12.3 Å². The van der Waals surface area contributed by atoms with Crippen LogP contribution in [-0.4, -0.2) is 28.8 Å². The minimum absolute atomic E-state index is 0.703. The molecule has 0 aliphatic carbocycles. The third-order valence-electron chi connectivity index (χ3n) is 4.47. The topological polar surface area (TPSA) is 49.2 Å². The lowest BCUT2D eigenvalue weighted by Crippen LogP contribution is -1.97. The lowest BCUT2D eigenvalue weighted by molar-refractivity contribution is 0.356. The largest absolute Gasteiger partial charge is 0.493 e. The average Bonchev–Trinajstić information content (AvgIpc) is 3.37. The van der Waals surface area contributed by atoms with Crippen molar-refractivity contribution in [3.8, 4) is 22.1 Å². The highest BCUT2D eigenvalue weighted by Gasteiger charge is 2.16. The third-order valence-corrected chi connectivity index (χ3v) is 6.40. The highest BCUT2D eigenvalue weighted by Crippen LogP contribution is 2.39. The molecule has 7 heteroatoms. The van der Waals surface area contributed by atoms with Crippen molar-refractivity contribution in [2.75, 3.05) is 14.2 Å². The first-order valence-corrected chi connectivity index (χ1v) is 11.0. The van der Waals surface area contributed by atoms with E-state index >= 15 is 0 Å². The number of nitrogens with zero attached hydrogens (tertiary/aromatic N) is 3. The Bertz CT molecular complexity index is 1150. The second-order valence-electron chi connectivity index (χ2n) is 6.26. The van der Waals surface area contributed by atoms with E-state index in [1.165, 1.54) is 0 Å². The molecule has 0 spiro atoms. The van der Waals surface area contributed by atoms with Crippen LogP contribution in [0, 0.1) is 0 Å². The molecular formula is C22H21N3O2S2. The molecule has 0 fully saturated rings. The van der Waals surface area contributed by atoms with E-state index in [-0.39, 0.29) is 0 Å². The summed E-state index contributed by atoms with van der Waals surface area (Å²) in [6, 6.07) is 14.0. The standard InChI is InChI=1S/C22H21N3O2S2/c1-4-12-25-18-10-6-5-9-17(18)24-22(25)29-14-15-13-28-21(23-15)16-8-7-11-19(26-2)20(16)27-3/h4-11,13H,1,12,14H2,2-3H3. The van der Waals surface area contributed by atoms with Crippen molar-refractivity contribution in [2.24, 2.45) is 0 Å². The van der Waals surface area contributed by atoms with Crippen molar-refractivity contribution in [3.05, 3.63) is 66.2 Å². The van der Waals surface area contributed by atoms with Gasteiger partial charge in [0, 0.05) is 17.7 Å². The number of hydrogen-bond donors (Lipinski definition) is 0. The monoisotopic (exact) mass is 423 g/mol. The maximum atomic E-state index is 5.55. The fraction of sp³-hybridized carbons (Fsp3) is 0.182. The number of fused-ring (bicyclic) bond motifs is 1. The molecule has 0 N–H and O–H groups in total. The third kappa shape index (κ3) is 3.88. The number of imidazole rings is 1. The molecule has 4 aromatic rings. The van der Waals surface area contributed by atoms with Crippen molar-refractivity contribution in [2.45, 2.75) is 17.5 Å². The summed E-state index contributed by atoms with van der Waals surface area (Å²) in [4.78, 5) is 9.59. The number of hydrogen-bond acceptors (Lipinski definition) is 6. The first-order chi connectivity index (χ1) is 14.2. The summed E-state index contributed by atoms with van der Waals surface area (Å²) >= 11 is 3.29. The number of benzene rings is 2. The van der Waals surface area contributed by atoms with Gasteiger partial charge < -0.3 is 14.0 Å². The molecule has 0 aliphatic heterocycles. The number of methoxy groups -OCH3 is 2. The van der Waals surface area contributed by atoms with Gasteiger partial charge in [-0.25, -0.2) is 9.97 Å². The Morgan fingerprint density at radius 2 is 1.97 bits per heavy atom. The first-order valence-electron chi connectivity index (χ1n) is 9.10. The molecule has 0 aliphatic rings. The van der Waals surface area contributed by atoms with Crippen molar-refractivity contribution >= 4 is 34.1 Å². The van der Waals surface area contributed by atoms with Crippen molar-refractivity contribution in [1.29, 1.82) is 0 Å². The Kier molecular flexibility index (Phi) is 5.87. The number of thiazole rings is 1. The van der Waals surface area contributed by atoms with Crippen LogP contribution < -0.4 is 9.47 Å². The molecule has 4 rings (SSSR count). The predicted molar refractivity (Wildman–Crippen MR) is 120 cm³/mol. The number of ether oxygens (including phenoxy) is 2. The number of rotatable bonds is 8. The number of aromatic nitrogens is 3. The van der Waals surface area contributed by atoms with Gasteiger partial charge in [-0.15, -0.1) is 17.9 Å². The minimum Gasteiger partial charge on any atom is -0.493 e. The fourth-order valence-corrected chi connectivity index (χ4v) is 5.02. The molecule has 0 atom stereocenters. The maximum Gasteiger partial charge on any atom is 0.170 e. The fourth-order valence-electron chi connectivity index (χ4n) is 3.16. The molecule has 148 valence electrons. The zero-order valence-corrected chi connectivity index (χ0v) is 17.9. The molecule has 0 unspecified atom stereocenters. The zero-order chi connectivity index (χ0) is 20.2. The Hall–Kier alpha value is -2.77. The van der Waals surface area contributed by atoms with Crippen molar-refractivity contribution < 1.29 is 9.47 Å². The van der Waals surface area contributed by atoms with Crippen LogP contribution in [0.3, 0.4) is 0 Å².